The van der Waals surface area contributed by atoms with Crippen LogP contribution in [0.1, 0.15) is 5.82 Å². The van der Waals surface area contributed by atoms with Crippen molar-refractivity contribution in [3.63, 3.8) is 0 Å². The summed E-state index contributed by atoms with van der Waals surface area (Å²) in [4.78, 5) is 24.2. The van der Waals surface area contributed by atoms with Gasteiger partial charge in [-0.05, 0) is 43.3 Å². The van der Waals surface area contributed by atoms with Gasteiger partial charge in [0.05, 0.1) is 12.6 Å². The van der Waals surface area contributed by atoms with Crippen LogP contribution >= 0.6 is 0 Å². The van der Waals surface area contributed by atoms with Crippen LogP contribution in [0.5, 0.6) is 0 Å². The molecule has 25 heavy (non-hydrogen) atoms. The maximum atomic E-state index is 11.6. The number of ether oxygens (including phenoxy) is 1. The Bertz CT molecular complexity index is 909. The molecule has 0 radical (unpaired) electrons. The van der Waals surface area contributed by atoms with E-state index in [2.05, 4.69) is 9.97 Å². The molecular formula is C19H20N4O2. The van der Waals surface area contributed by atoms with Crippen molar-refractivity contribution < 1.29 is 9.53 Å². The first-order valence-electron chi connectivity index (χ1n) is 7.90. The van der Waals surface area contributed by atoms with E-state index in [1.807, 2.05) is 67.4 Å². The van der Waals surface area contributed by atoms with Crippen molar-refractivity contribution in [2.45, 2.75) is 6.92 Å². The van der Waals surface area contributed by atoms with Crippen LogP contribution < -0.4 is 9.80 Å². The number of nitrogens with zero attached hydrogens (tertiary/aromatic N) is 4. The van der Waals surface area contributed by atoms with Gasteiger partial charge in [-0.15, -0.1) is 0 Å². The van der Waals surface area contributed by atoms with Crippen LogP contribution in [0.3, 0.4) is 0 Å². The normalized spacial score (nSPS) is 10.6. The van der Waals surface area contributed by atoms with E-state index in [1.54, 1.807) is 7.05 Å². The van der Waals surface area contributed by atoms with Crippen molar-refractivity contribution in [1.82, 2.24) is 9.97 Å². The Morgan fingerprint density at radius 2 is 1.60 bits per heavy atom. The molecule has 0 bridgehead atoms. The summed E-state index contributed by atoms with van der Waals surface area (Å²) < 4.78 is 4.73. The van der Waals surface area contributed by atoms with Crippen molar-refractivity contribution >= 4 is 34.2 Å². The van der Waals surface area contributed by atoms with Gasteiger partial charge in [-0.1, -0.05) is 12.1 Å². The molecular weight excluding hydrogens is 316 g/mol. The molecule has 1 aromatic heterocycles. The van der Waals surface area contributed by atoms with E-state index in [0.717, 1.165) is 33.9 Å². The van der Waals surface area contributed by atoms with Crippen LogP contribution in [0.25, 0.3) is 10.9 Å². The maximum absolute atomic E-state index is 11.6. The standard InChI is InChI=1S/C19H20N4O2/c1-13-20-17-8-6-5-7-16(17)18(21-13)22(2)14-9-11-15(12-10-14)23(3)19(24)25-4/h5-12H,1-4H3. The fourth-order valence-electron chi connectivity index (χ4n) is 2.69. The number of benzene rings is 2. The topological polar surface area (TPSA) is 58.6 Å². The first kappa shape index (κ1) is 16.7. The molecule has 3 aromatic rings. The third-order valence-electron chi connectivity index (χ3n) is 4.09. The molecule has 0 atom stereocenters. The summed E-state index contributed by atoms with van der Waals surface area (Å²) in [6.45, 7) is 1.89. The fraction of sp³-hybridized carbons (Fsp3) is 0.211. The summed E-state index contributed by atoms with van der Waals surface area (Å²) in [6, 6.07) is 15.6. The zero-order chi connectivity index (χ0) is 18.0. The molecule has 0 saturated heterocycles. The number of methoxy groups -OCH3 is 1. The van der Waals surface area contributed by atoms with Gasteiger partial charge in [-0.3, -0.25) is 4.90 Å². The summed E-state index contributed by atoms with van der Waals surface area (Å²) in [5, 5.41) is 0.992. The average Bonchev–Trinajstić information content (AvgIpc) is 2.65. The minimum atomic E-state index is -0.404. The second-order valence-corrected chi connectivity index (χ2v) is 5.72. The van der Waals surface area contributed by atoms with Gasteiger partial charge >= 0.3 is 6.09 Å². The second-order valence-electron chi connectivity index (χ2n) is 5.72. The summed E-state index contributed by atoms with van der Waals surface area (Å²) in [5.74, 6) is 1.57. The lowest BCUT2D eigenvalue weighted by molar-refractivity contribution is 0.180. The highest BCUT2D eigenvalue weighted by Crippen LogP contribution is 2.29. The van der Waals surface area contributed by atoms with E-state index in [4.69, 9.17) is 4.74 Å². The molecule has 6 nitrogen and oxygen atoms in total. The van der Waals surface area contributed by atoms with E-state index in [9.17, 15) is 4.79 Å². The first-order chi connectivity index (χ1) is 12.0. The number of amides is 1. The monoisotopic (exact) mass is 336 g/mol. The average molecular weight is 336 g/mol. The van der Waals surface area contributed by atoms with Gasteiger partial charge in [0.1, 0.15) is 11.6 Å². The summed E-state index contributed by atoms with van der Waals surface area (Å²) in [5.41, 5.74) is 2.64. The summed E-state index contributed by atoms with van der Waals surface area (Å²) in [6.07, 6.45) is -0.404. The fourth-order valence-corrected chi connectivity index (χ4v) is 2.69. The highest BCUT2D eigenvalue weighted by Gasteiger charge is 2.14. The maximum Gasteiger partial charge on any atom is 0.413 e. The van der Waals surface area contributed by atoms with Crippen molar-refractivity contribution in [3.05, 3.63) is 54.4 Å². The van der Waals surface area contributed by atoms with Gasteiger partial charge < -0.3 is 9.64 Å². The lowest BCUT2D eigenvalue weighted by Gasteiger charge is -2.22. The van der Waals surface area contributed by atoms with E-state index in [1.165, 1.54) is 12.0 Å². The lowest BCUT2D eigenvalue weighted by atomic mass is 10.2. The smallest absolute Gasteiger partial charge is 0.413 e. The Morgan fingerprint density at radius 3 is 2.28 bits per heavy atom. The Morgan fingerprint density at radius 1 is 0.960 bits per heavy atom. The van der Waals surface area contributed by atoms with E-state index in [0.29, 0.717) is 0 Å². The molecule has 0 spiro atoms. The molecule has 2 aromatic carbocycles. The molecule has 0 N–H and O–H groups in total. The van der Waals surface area contributed by atoms with Gasteiger partial charge in [0, 0.05) is 30.9 Å². The van der Waals surface area contributed by atoms with Crippen LogP contribution in [-0.2, 0) is 4.74 Å². The van der Waals surface area contributed by atoms with Gasteiger partial charge in [-0.25, -0.2) is 14.8 Å². The third-order valence-corrected chi connectivity index (χ3v) is 4.09. The number of para-hydroxylation sites is 1. The van der Waals surface area contributed by atoms with Crippen molar-refractivity contribution in [3.8, 4) is 0 Å². The van der Waals surface area contributed by atoms with Crippen molar-refractivity contribution in [1.29, 1.82) is 0 Å². The van der Waals surface area contributed by atoms with Crippen LogP contribution in [0.15, 0.2) is 48.5 Å². The molecule has 0 unspecified atom stereocenters. The number of aryl methyl sites for hydroxylation is 1. The second kappa shape index (κ2) is 6.76. The molecule has 6 heteroatoms. The Kier molecular flexibility index (Phi) is 4.52. The molecule has 0 fully saturated rings. The highest BCUT2D eigenvalue weighted by molar-refractivity contribution is 5.92. The first-order valence-corrected chi connectivity index (χ1v) is 7.90. The van der Waals surface area contributed by atoms with Crippen molar-refractivity contribution in [2.24, 2.45) is 0 Å². The summed E-state index contributed by atoms with van der Waals surface area (Å²) in [7, 11) is 5.00. The van der Waals surface area contributed by atoms with Crippen molar-refractivity contribution in [2.75, 3.05) is 31.0 Å². The zero-order valence-corrected chi connectivity index (χ0v) is 14.7. The van der Waals surface area contributed by atoms with Gasteiger partial charge in [0.25, 0.3) is 0 Å². The van der Waals surface area contributed by atoms with Gasteiger partial charge in [-0.2, -0.15) is 0 Å². The minimum Gasteiger partial charge on any atom is -0.452 e. The van der Waals surface area contributed by atoms with E-state index in [-0.39, 0.29) is 0 Å². The van der Waals surface area contributed by atoms with Crippen LogP contribution in [0.4, 0.5) is 22.0 Å². The number of hydrogen-bond donors (Lipinski definition) is 0. The predicted octanol–water partition coefficient (Wildman–Crippen LogP) is 3.91. The number of hydrogen-bond acceptors (Lipinski definition) is 5. The quantitative estimate of drug-likeness (QED) is 0.726. The largest absolute Gasteiger partial charge is 0.452 e. The number of aromatic nitrogens is 2. The minimum absolute atomic E-state index is 0.404. The number of carbonyl (C=O) groups excluding carboxylic acids is 1. The van der Waals surface area contributed by atoms with E-state index >= 15 is 0 Å². The van der Waals surface area contributed by atoms with Crippen LogP contribution in [0.2, 0.25) is 0 Å². The molecule has 1 amide bonds. The van der Waals surface area contributed by atoms with Crippen LogP contribution in [-0.4, -0.2) is 37.3 Å². The van der Waals surface area contributed by atoms with Gasteiger partial charge in [0.15, 0.2) is 0 Å². The number of rotatable bonds is 3. The summed E-state index contributed by atoms with van der Waals surface area (Å²) >= 11 is 0. The predicted molar refractivity (Wildman–Crippen MR) is 99.6 cm³/mol. The lowest BCUT2D eigenvalue weighted by Crippen LogP contribution is -2.25. The molecule has 3 rings (SSSR count). The SMILES string of the molecule is COC(=O)N(C)c1ccc(N(C)c2nc(C)nc3ccccc23)cc1. The third kappa shape index (κ3) is 3.24. The molecule has 0 saturated carbocycles. The Labute approximate surface area is 146 Å². The molecule has 0 aliphatic rings. The van der Waals surface area contributed by atoms with Crippen LogP contribution in [0, 0.1) is 6.92 Å². The van der Waals surface area contributed by atoms with E-state index < -0.39 is 6.09 Å². The molecule has 128 valence electrons. The Hall–Kier alpha value is -3.15. The van der Waals surface area contributed by atoms with Gasteiger partial charge in [0.2, 0.25) is 0 Å². The number of fused-ring (bicyclic) bond motifs is 1. The number of carbonyl (C=O) groups is 1. The zero-order valence-electron chi connectivity index (χ0n) is 14.7. The molecule has 1 heterocycles. The Balaban J connectivity index is 1.96. The highest BCUT2D eigenvalue weighted by atomic mass is 16.5. The molecule has 0 aliphatic carbocycles. The number of anilines is 3. The molecule has 0 aliphatic heterocycles.